The van der Waals surface area contributed by atoms with E-state index >= 15 is 0 Å². The summed E-state index contributed by atoms with van der Waals surface area (Å²) in [6.07, 6.45) is 2.28. The van der Waals surface area contributed by atoms with Crippen LogP contribution in [0.2, 0.25) is 0 Å². The van der Waals surface area contributed by atoms with Crippen molar-refractivity contribution < 1.29 is 13.2 Å². The van der Waals surface area contributed by atoms with Crippen molar-refractivity contribution in [2.75, 3.05) is 13.1 Å². The van der Waals surface area contributed by atoms with Crippen LogP contribution in [0.5, 0.6) is 0 Å². The van der Waals surface area contributed by atoms with E-state index in [-0.39, 0.29) is 16.8 Å². The SMILES string of the molecule is CC1CC(NS(=O)(=O)c2ccc3c(c2)C(=O)NCC3)CCN1. The Morgan fingerprint density at radius 2 is 2.09 bits per heavy atom. The summed E-state index contributed by atoms with van der Waals surface area (Å²) in [6.45, 7) is 3.45. The van der Waals surface area contributed by atoms with Gasteiger partial charge in [-0.15, -0.1) is 0 Å². The molecule has 1 amide bonds. The van der Waals surface area contributed by atoms with Crippen LogP contribution >= 0.6 is 0 Å². The molecule has 7 heteroatoms. The zero-order valence-electron chi connectivity index (χ0n) is 12.6. The molecule has 2 aliphatic heterocycles. The molecule has 2 heterocycles. The second-order valence-electron chi connectivity index (χ2n) is 6.02. The number of carbonyl (C=O) groups is 1. The summed E-state index contributed by atoms with van der Waals surface area (Å²) < 4.78 is 27.8. The van der Waals surface area contributed by atoms with Crippen LogP contribution in [0.15, 0.2) is 23.1 Å². The van der Waals surface area contributed by atoms with Gasteiger partial charge in [0.15, 0.2) is 0 Å². The molecule has 0 bridgehead atoms. The van der Waals surface area contributed by atoms with Gasteiger partial charge in [0, 0.05) is 24.2 Å². The second kappa shape index (κ2) is 5.98. The Balaban J connectivity index is 1.83. The Hall–Kier alpha value is -1.44. The topological polar surface area (TPSA) is 87.3 Å². The summed E-state index contributed by atoms with van der Waals surface area (Å²) in [7, 11) is -3.60. The summed E-state index contributed by atoms with van der Waals surface area (Å²) in [5.74, 6) is -0.200. The van der Waals surface area contributed by atoms with Gasteiger partial charge in [0.1, 0.15) is 0 Å². The molecule has 2 atom stereocenters. The molecule has 0 saturated carbocycles. The van der Waals surface area contributed by atoms with Gasteiger partial charge >= 0.3 is 0 Å². The van der Waals surface area contributed by atoms with Crippen LogP contribution in [0.3, 0.4) is 0 Å². The smallest absolute Gasteiger partial charge is 0.251 e. The summed E-state index contributed by atoms with van der Waals surface area (Å²) in [5.41, 5.74) is 1.37. The number of nitrogens with one attached hydrogen (secondary N) is 3. The number of fused-ring (bicyclic) bond motifs is 1. The highest BCUT2D eigenvalue weighted by Crippen LogP contribution is 2.20. The molecule has 0 aromatic heterocycles. The predicted octanol–water partition coefficient (Wildman–Crippen LogP) is 0.391. The third-order valence-electron chi connectivity index (χ3n) is 4.26. The molecule has 3 rings (SSSR count). The number of carbonyl (C=O) groups excluding carboxylic acids is 1. The van der Waals surface area contributed by atoms with E-state index in [0.29, 0.717) is 18.2 Å². The highest BCUT2D eigenvalue weighted by atomic mass is 32.2. The van der Waals surface area contributed by atoms with E-state index in [4.69, 9.17) is 0 Å². The molecule has 0 aliphatic carbocycles. The van der Waals surface area contributed by atoms with E-state index in [1.165, 1.54) is 6.07 Å². The molecule has 6 nitrogen and oxygen atoms in total. The average molecular weight is 323 g/mol. The third kappa shape index (κ3) is 3.16. The van der Waals surface area contributed by atoms with Crippen molar-refractivity contribution in [3.8, 4) is 0 Å². The molecule has 0 radical (unpaired) electrons. The van der Waals surface area contributed by atoms with Crippen molar-refractivity contribution in [1.29, 1.82) is 0 Å². The number of amides is 1. The fourth-order valence-corrected chi connectivity index (χ4v) is 4.39. The van der Waals surface area contributed by atoms with Crippen LogP contribution in [0.1, 0.15) is 35.7 Å². The largest absolute Gasteiger partial charge is 0.352 e. The Kier molecular flexibility index (Phi) is 4.20. The zero-order valence-corrected chi connectivity index (χ0v) is 13.4. The Bertz CT molecular complexity index is 687. The third-order valence-corrected chi connectivity index (χ3v) is 5.78. The molecule has 120 valence electrons. The van der Waals surface area contributed by atoms with E-state index in [0.717, 1.165) is 31.4 Å². The molecule has 1 aromatic carbocycles. The number of sulfonamides is 1. The van der Waals surface area contributed by atoms with Gasteiger partial charge in [-0.2, -0.15) is 0 Å². The fraction of sp³-hybridized carbons (Fsp3) is 0.533. The fourth-order valence-electron chi connectivity index (χ4n) is 3.08. The van der Waals surface area contributed by atoms with Crippen LogP contribution in [-0.2, 0) is 16.4 Å². The molecule has 0 spiro atoms. The lowest BCUT2D eigenvalue weighted by Crippen LogP contribution is -2.46. The predicted molar refractivity (Wildman–Crippen MR) is 83.3 cm³/mol. The molecule has 2 aliphatic rings. The summed E-state index contributed by atoms with van der Waals surface area (Å²) in [5, 5.41) is 6.04. The van der Waals surface area contributed by atoms with Crippen LogP contribution in [0.25, 0.3) is 0 Å². The molecular formula is C15H21N3O3S. The minimum Gasteiger partial charge on any atom is -0.352 e. The normalized spacial score (nSPS) is 25.4. The summed E-state index contributed by atoms with van der Waals surface area (Å²) in [4.78, 5) is 12.0. The van der Waals surface area contributed by atoms with E-state index in [9.17, 15) is 13.2 Å². The monoisotopic (exact) mass is 323 g/mol. The van der Waals surface area contributed by atoms with Crippen molar-refractivity contribution in [2.45, 2.75) is 43.2 Å². The van der Waals surface area contributed by atoms with Crippen molar-refractivity contribution in [3.05, 3.63) is 29.3 Å². The van der Waals surface area contributed by atoms with Gasteiger partial charge in [0.25, 0.3) is 5.91 Å². The Morgan fingerprint density at radius 1 is 1.27 bits per heavy atom. The molecule has 2 unspecified atom stereocenters. The Morgan fingerprint density at radius 3 is 2.86 bits per heavy atom. The lowest BCUT2D eigenvalue weighted by Gasteiger charge is -2.28. The first-order chi connectivity index (χ1) is 10.5. The minimum atomic E-state index is -3.60. The standard InChI is InChI=1S/C15H21N3O3S/c1-10-8-12(5-7-16-10)18-22(20,21)13-3-2-11-4-6-17-15(19)14(11)9-13/h2-3,9-10,12,16,18H,4-8H2,1H3,(H,17,19). The van der Waals surface area contributed by atoms with Gasteiger partial charge in [-0.25, -0.2) is 13.1 Å². The number of hydrogen-bond donors (Lipinski definition) is 3. The highest BCUT2D eigenvalue weighted by Gasteiger charge is 2.26. The number of piperidine rings is 1. The molecule has 1 fully saturated rings. The van der Waals surface area contributed by atoms with Crippen molar-refractivity contribution in [2.24, 2.45) is 0 Å². The quantitative estimate of drug-likeness (QED) is 0.751. The van der Waals surface area contributed by atoms with Gasteiger partial charge in [-0.05, 0) is 50.4 Å². The summed E-state index contributed by atoms with van der Waals surface area (Å²) >= 11 is 0. The van der Waals surface area contributed by atoms with Crippen molar-refractivity contribution in [1.82, 2.24) is 15.4 Å². The maximum atomic E-state index is 12.5. The van der Waals surface area contributed by atoms with Crippen LogP contribution < -0.4 is 15.4 Å². The highest BCUT2D eigenvalue weighted by molar-refractivity contribution is 7.89. The van der Waals surface area contributed by atoms with Gasteiger partial charge < -0.3 is 10.6 Å². The van der Waals surface area contributed by atoms with Crippen LogP contribution in [-0.4, -0.2) is 39.5 Å². The van der Waals surface area contributed by atoms with E-state index in [2.05, 4.69) is 15.4 Å². The first-order valence-electron chi connectivity index (χ1n) is 7.62. The first kappa shape index (κ1) is 15.5. The van der Waals surface area contributed by atoms with E-state index in [1.54, 1.807) is 12.1 Å². The van der Waals surface area contributed by atoms with Crippen molar-refractivity contribution >= 4 is 15.9 Å². The van der Waals surface area contributed by atoms with Crippen LogP contribution in [0, 0.1) is 0 Å². The van der Waals surface area contributed by atoms with Gasteiger partial charge in [-0.1, -0.05) is 6.07 Å². The van der Waals surface area contributed by atoms with Crippen molar-refractivity contribution in [3.63, 3.8) is 0 Å². The molecule has 22 heavy (non-hydrogen) atoms. The average Bonchev–Trinajstić information content (AvgIpc) is 2.47. The van der Waals surface area contributed by atoms with E-state index in [1.807, 2.05) is 6.92 Å². The molecule has 1 aromatic rings. The van der Waals surface area contributed by atoms with Gasteiger partial charge in [0.2, 0.25) is 10.0 Å². The maximum Gasteiger partial charge on any atom is 0.251 e. The zero-order chi connectivity index (χ0) is 15.7. The molecule has 3 N–H and O–H groups in total. The number of rotatable bonds is 3. The molecular weight excluding hydrogens is 302 g/mol. The lowest BCUT2D eigenvalue weighted by molar-refractivity contribution is 0.0945. The van der Waals surface area contributed by atoms with Crippen LogP contribution in [0.4, 0.5) is 0 Å². The second-order valence-corrected chi connectivity index (χ2v) is 7.74. The lowest BCUT2D eigenvalue weighted by atomic mass is 10.0. The molecule has 1 saturated heterocycles. The first-order valence-corrected chi connectivity index (χ1v) is 9.11. The number of hydrogen-bond acceptors (Lipinski definition) is 4. The Labute approximate surface area is 130 Å². The van der Waals surface area contributed by atoms with E-state index < -0.39 is 10.0 Å². The maximum absolute atomic E-state index is 12.5. The van der Waals surface area contributed by atoms with Gasteiger partial charge in [0.05, 0.1) is 4.90 Å². The minimum absolute atomic E-state index is 0.0638. The number of benzene rings is 1. The summed E-state index contributed by atoms with van der Waals surface area (Å²) in [6, 6.07) is 5.05. The van der Waals surface area contributed by atoms with Gasteiger partial charge in [-0.3, -0.25) is 4.79 Å².